The van der Waals surface area contributed by atoms with Crippen molar-refractivity contribution in [3.05, 3.63) is 36.4 Å². The van der Waals surface area contributed by atoms with Gasteiger partial charge in [0.15, 0.2) is 0 Å². The summed E-state index contributed by atoms with van der Waals surface area (Å²) in [5.41, 5.74) is 0.934. The highest BCUT2D eigenvalue weighted by atomic mass is 32.2. The summed E-state index contributed by atoms with van der Waals surface area (Å²) in [7, 11) is 0.106. The first-order valence-electron chi connectivity index (χ1n) is 10.7. The number of nitrogens with one attached hydrogen (secondary N) is 1. The molecule has 0 aliphatic carbocycles. The van der Waals surface area contributed by atoms with Gasteiger partial charge in [0.1, 0.15) is 18.3 Å². The molecule has 1 aliphatic heterocycles. The van der Waals surface area contributed by atoms with Crippen LogP contribution in [0.15, 0.2) is 46.4 Å². The number of fused-ring (bicyclic) bond motifs is 1. The highest BCUT2D eigenvalue weighted by Gasteiger charge is 2.43. The van der Waals surface area contributed by atoms with E-state index in [0.29, 0.717) is 18.2 Å². The molecule has 4 N–H and O–H groups in total. The minimum Gasteiger partial charge on any atom is -0.388 e. The maximum absolute atomic E-state index is 12.9. The van der Waals surface area contributed by atoms with Gasteiger partial charge >= 0.3 is 0 Å². The molecule has 1 heterocycles. The summed E-state index contributed by atoms with van der Waals surface area (Å²) in [6.45, 7) is 1.74. The van der Waals surface area contributed by atoms with Gasteiger partial charge in [-0.25, -0.2) is 13.1 Å². The van der Waals surface area contributed by atoms with Crippen LogP contribution >= 0.6 is 0 Å². The number of ether oxygens (including phenoxy) is 1. The van der Waals surface area contributed by atoms with Crippen LogP contribution in [0.1, 0.15) is 19.8 Å². The normalized spacial score (nSPS) is 26.1. The van der Waals surface area contributed by atoms with Crippen molar-refractivity contribution in [1.29, 1.82) is 0 Å². The maximum atomic E-state index is 12.9. The van der Waals surface area contributed by atoms with Crippen LogP contribution in [0.25, 0.3) is 10.8 Å². The Morgan fingerprint density at radius 2 is 1.79 bits per heavy atom. The van der Waals surface area contributed by atoms with Gasteiger partial charge in [-0.3, -0.25) is 0 Å². The average molecular weight is 482 g/mol. The standard InChI is InChI=1S/C22H31N3O7S/c1-14-19(26)20(27)21(28)22(31-14)32-23-12-4-5-13-24-33(29,30)18-11-7-8-15-16(18)9-6-10-17(15)25(2)3/h6-12,14,19-22,24,26-28H,4-5,13H2,1-3H3/b23-12+/t14-,19+,20+,21-,22-/m0/s1. The number of hydrogen-bond donors (Lipinski definition) is 4. The lowest BCUT2D eigenvalue weighted by molar-refractivity contribution is -0.293. The first-order valence-corrected chi connectivity index (χ1v) is 12.2. The lowest BCUT2D eigenvalue weighted by atomic mass is 10.0. The lowest BCUT2D eigenvalue weighted by Gasteiger charge is -2.37. The number of rotatable bonds is 9. The second-order valence-electron chi connectivity index (χ2n) is 8.14. The molecule has 0 bridgehead atoms. The molecule has 0 unspecified atom stereocenters. The van der Waals surface area contributed by atoms with Crippen molar-refractivity contribution in [3.8, 4) is 0 Å². The zero-order valence-electron chi connectivity index (χ0n) is 18.8. The topological polar surface area (TPSA) is 141 Å². The van der Waals surface area contributed by atoms with Gasteiger partial charge in [-0.2, -0.15) is 0 Å². The molecule has 10 nitrogen and oxygen atoms in total. The SMILES string of the molecule is C[C@@H]1O[C@@H](O/N=C/CCCNS(=O)(=O)c2cccc3c(N(C)C)cccc23)[C@@H](O)[C@H](O)[C@@H]1O. The molecule has 5 atom stereocenters. The van der Waals surface area contributed by atoms with E-state index in [1.807, 2.05) is 37.2 Å². The lowest BCUT2D eigenvalue weighted by Crippen LogP contribution is -2.56. The Labute approximate surface area is 193 Å². The quantitative estimate of drug-likeness (QED) is 0.234. The van der Waals surface area contributed by atoms with E-state index in [4.69, 9.17) is 9.57 Å². The monoisotopic (exact) mass is 481 g/mol. The molecule has 2 aromatic rings. The molecular weight excluding hydrogens is 450 g/mol. The number of nitrogens with zero attached hydrogens (tertiary/aromatic N) is 2. The second-order valence-corrected chi connectivity index (χ2v) is 9.87. The van der Waals surface area contributed by atoms with Gasteiger partial charge < -0.3 is 29.8 Å². The fourth-order valence-corrected chi connectivity index (χ4v) is 4.92. The Morgan fingerprint density at radius 1 is 1.09 bits per heavy atom. The zero-order valence-corrected chi connectivity index (χ0v) is 19.6. The maximum Gasteiger partial charge on any atom is 0.256 e. The fourth-order valence-electron chi connectivity index (χ4n) is 3.62. The molecule has 1 saturated heterocycles. The Morgan fingerprint density at radius 3 is 2.52 bits per heavy atom. The van der Waals surface area contributed by atoms with Gasteiger partial charge in [-0.1, -0.05) is 29.4 Å². The minimum atomic E-state index is -3.71. The van der Waals surface area contributed by atoms with Crippen LogP contribution in [-0.4, -0.2) is 81.3 Å². The summed E-state index contributed by atoms with van der Waals surface area (Å²) in [4.78, 5) is 7.22. The van der Waals surface area contributed by atoms with Gasteiger partial charge in [0.2, 0.25) is 10.0 Å². The summed E-state index contributed by atoms with van der Waals surface area (Å²) in [5, 5.41) is 34.5. The largest absolute Gasteiger partial charge is 0.388 e. The number of hydrogen-bond acceptors (Lipinski definition) is 9. The van der Waals surface area contributed by atoms with Gasteiger partial charge in [-0.15, -0.1) is 0 Å². The summed E-state index contributed by atoms with van der Waals surface area (Å²) in [5.74, 6) is 0. The Hall–Kier alpha value is -2.28. The number of sulfonamides is 1. The number of benzene rings is 2. The van der Waals surface area contributed by atoms with Gasteiger partial charge in [0, 0.05) is 43.3 Å². The third kappa shape index (κ3) is 5.81. The predicted molar refractivity (Wildman–Crippen MR) is 125 cm³/mol. The van der Waals surface area contributed by atoms with Crippen molar-refractivity contribution in [1.82, 2.24) is 4.72 Å². The molecule has 3 rings (SSSR count). The van der Waals surface area contributed by atoms with Crippen molar-refractivity contribution in [2.75, 3.05) is 25.5 Å². The van der Waals surface area contributed by atoms with Crippen molar-refractivity contribution in [2.45, 2.75) is 55.4 Å². The van der Waals surface area contributed by atoms with Gasteiger partial charge in [-0.05, 0) is 31.9 Å². The third-order valence-electron chi connectivity index (χ3n) is 5.48. The van der Waals surface area contributed by atoms with E-state index in [0.717, 1.165) is 11.1 Å². The summed E-state index contributed by atoms with van der Waals surface area (Å²) in [6.07, 6.45) is -3.67. The molecule has 182 valence electrons. The molecule has 0 saturated carbocycles. The van der Waals surface area contributed by atoms with Crippen LogP contribution in [0.2, 0.25) is 0 Å². The summed E-state index contributed by atoms with van der Waals surface area (Å²) in [6, 6.07) is 10.8. The molecule has 0 radical (unpaired) electrons. The molecule has 1 fully saturated rings. The first-order chi connectivity index (χ1) is 15.6. The Kier molecular flexibility index (Phi) is 8.27. The number of anilines is 1. The van der Waals surface area contributed by atoms with Crippen LogP contribution < -0.4 is 9.62 Å². The minimum absolute atomic E-state index is 0.197. The molecule has 11 heteroatoms. The molecule has 0 spiro atoms. The molecule has 2 aromatic carbocycles. The van der Waals surface area contributed by atoms with Crippen LogP contribution in [0.5, 0.6) is 0 Å². The van der Waals surface area contributed by atoms with Crippen LogP contribution in [0.4, 0.5) is 5.69 Å². The predicted octanol–water partition coefficient (Wildman–Crippen LogP) is 0.794. The first kappa shape index (κ1) is 25.3. The number of unbranched alkanes of at least 4 members (excludes halogenated alkanes) is 1. The smallest absolute Gasteiger partial charge is 0.256 e. The van der Waals surface area contributed by atoms with Crippen molar-refractivity contribution < 1.29 is 33.3 Å². The highest BCUT2D eigenvalue weighted by Crippen LogP contribution is 2.30. The van der Waals surface area contributed by atoms with Crippen molar-refractivity contribution in [3.63, 3.8) is 0 Å². The van der Waals surface area contributed by atoms with E-state index in [-0.39, 0.29) is 11.4 Å². The third-order valence-corrected chi connectivity index (χ3v) is 7.00. The van der Waals surface area contributed by atoms with Crippen LogP contribution in [-0.2, 0) is 19.6 Å². The van der Waals surface area contributed by atoms with Gasteiger partial charge in [0.25, 0.3) is 6.29 Å². The van der Waals surface area contributed by atoms with Gasteiger partial charge in [0.05, 0.1) is 11.0 Å². The van der Waals surface area contributed by atoms with Crippen molar-refractivity contribution >= 4 is 32.7 Å². The second kappa shape index (κ2) is 10.8. The molecular formula is C22H31N3O7S. The van der Waals surface area contributed by atoms with Crippen LogP contribution in [0, 0.1) is 0 Å². The number of oxime groups is 1. The highest BCUT2D eigenvalue weighted by molar-refractivity contribution is 7.89. The van der Waals surface area contributed by atoms with E-state index in [9.17, 15) is 23.7 Å². The Bertz CT molecular complexity index is 1080. The van der Waals surface area contributed by atoms with E-state index in [1.54, 1.807) is 25.1 Å². The van der Waals surface area contributed by atoms with E-state index < -0.39 is 40.7 Å². The Balaban J connectivity index is 1.52. The number of aliphatic hydroxyl groups excluding tert-OH is 3. The van der Waals surface area contributed by atoms with E-state index in [1.165, 1.54) is 6.21 Å². The van der Waals surface area contributed by atoms with E-state index >= 15 is 0 Å². The molecule has 0 aromatic heterocycles. The summed E-state index contributed by atoms with van der Waals surface area (Å²) < 4.78 is 33.6. The summed E-state index contributed by atoms with van der Waals surface area (Å²) >= 11 is 0. The van der Waals surface area contributed by atoms with Crippen molar-refractivity contribution in [2.24, 2.45) is 5.16 Å². The molecule has 1 aliphatic rings. The van der Waals surface area contributed by atoms with E-state index in [2.05, 4.69) is 9.88 Å². The zero-order chi connectivity index (χ0) is 24.2. The average Bonchev–Trinajstić information content (AvgIpc) is 2.79. The molecule has 33 heavy (non-hydrogen) atoms. The fraction of sp³-hybridized carbons (Fsp3) is 0.500. The number of aliphatic hydroxyl groups is 3. The van der Waals surface area contributed by atoms with Crippen LogP contribution in [0.3, 0.4) is 0 Å². The molecule has 0 amide bonds.